The number of hydrogen-bond donors (Lipinski definition) is 2. The first kappa shape index (κ1) is 21.1. The molecule has 0 aliphatic carbocycles. The monoisotopic (exact) mass is 413 g/mol. The smallest absolute Gasteiger partial charge is 0.438 e. The number of thiophene rings is 1. The van der Waals surface area contributed by atoms with Crippen LogP contribution in [0.25, 0.3) is 0 Å². The van der Waals surface area contributed by atoms with Gasteiger partial charge >= 0.3 is 18.0 Å². The number of Topliss-reactive ketones (excluding diaryl/α,β-unsaturated/α-hetero) is 1. The second-order valence-electron chi connectivity index (χ2n) is 5.23. The summed E-state index contributed by atoms with van der Waals surface area (Å²) in [5, 5.41) is 6.62. The molecule has 0 aliphatic heterocycles. The van der Waals surface area contributed by atoms with Crippen molar-refractivity contribution in [3.05, 3.63) is 46.7 Å². The van der Waals surface area contributed by atoms with E-state index in [0.717, 1.165) is 11.3 Å². The predicted octanol–water partition coefficient (Wildman–Crippen LogP) is 2.54. The van der Waals surface area contributed by atoms with E-state index in [1.165, 1.54) is 30.7 Å². The Labute approximate surface area is 161 Å². The number of para-hydroxylation sites is 2. The normalized spacial score (nSPS) is 11.6. The van der Waals surface area contributed by atoms with Crippen LogP contribution in [0, 0.1) is 0 Å². The second-order valence-corrected chi connectivity index (χ2v) is 6.27. The van der Waals surface area contributed by atoms with Crippen molar-refractivity contribution in [1.82, 2.24) is 5.43 Å². The number of nitrogens with zero attached hydrogens (tertiary/aromatic N) is 1. The maximum atomic E-state index is 13.1. The minimum absolute atomic E-state index is 0.138. The highest BCUT2D eigenvalue weighted by Crippen LogP contribution is 2.23. The lowest BCUT2D eigenvalue weighted by atomic mass is 10.1. The Morgan fingerprint density at radius 3 is 2.43 bits per heavy atom. The van der Waals surface area contributed by atoms with Crippen molar-refractivity contribution in [3.8, 4) is 5.75 Å². The number of carbonyl (C=O) groups excluding carboxylic acids is 3. The van der Waals surface area contributed by atoms with Gasteiger partial charge < -0.3 is 10.1 Å². The van der Waals surface area contributed by atoms with Gasteiger partial charge in [0.2, 0.25) is 5.71 Å². The highest BCUT2D eigenvalue weighted by molar-refractivity contribution is 7.10. The van der Waals surface area contributed by atoms with E-state index in [1.807, 2.05) is 0 Å². The zero-order chi connectivity index (χ0) is 20.7. The lowest BCUT2D eigenvalue weighted by molar-refractivity contribution is -0.136. The molecule has 0 radical (unpaired) electrons. The molecule has 0 fully saturated rings. The van der Waals surface area contributed by atoms with Crippen LogP contribution in [0.4, 0.5) is 18.9 Å². The zero-order valence-electron chi connectivity index (χ0n) is 14.4. The predicted molar refractivity (Wildman–Crippen MR) is 96.3 cm³/mol. The molecule has 0 bridgehead atoms. The van der Waals surface area contributed by atoms with Gasteiger partial charge in [0, 0.05) is 11.3 Å². The van der Waals surface area contributed by atoms with Crippen LogP contribution in [-0.2, 0) is 20.8 Å². The van der Waals surface area contributed by atoms with Gasteiger partial charge in [0.15, 0.2) is 5.78 Å². The van der Waals surface area contributed by atoms with Gasteiger partial charge in [-0.25, -0.2) is 5.43 Å². The van der Waals surface area contributed by atoms with Crippen LogP contribution in [0.1, 0.15) is 4.88 Å². The fraction of sp³-hybridized carbons (Fsp3) is 0.176. The number of benzene rings is 1. The molecular formula is C17H14F3N3O4S. The minimum Gasteiger partial charge on any atom is -0.495 e. The first-order chi connectivity index (χ1) is 13.2. The zero-order valence-corrected chi connectivity index (χ0v) is 15.2. The van der Waals surface area contributed by atoms with Crippen molar-refractivity contribution < 1.29 is 32.3 Å². The maximum absolute atomic E-state index is 13.1. The number of nitrogens with one attached hydrogen (secondary N) is 2. The molecule has 0 saturated heterocycles. The third-order valence-electron chi connectivity index (χ3n) is 3.28. The van der Waals surface area contributed by atoms with Crippen molar-refractivity contribution in [2.45, 2.75) is 12.6 Å². The SMILES string of the molecule is COc1ccccc1NC(=O)C(=O)NN=C(C(=O)Cc1cccs1)C(F)(F)F. The molecule has 28 heavy (non-hydrogen) atoms. The number of methoxy groups -OCH3 is 1. The van der Waals surface area contributed by atoms with E-state index in [-0.39, 0.29) is 11.4 Å². The Morgan fingerprint density at radius 1 is 1.11 bits per heavy atom. The summed E-state index contributed by atoms with van der Waals surface area (Å²) in [4.78, 5) is 35.9. The van der Waals surface area contributed by atoms with Crippen LogP contribution >= 0.6 is 11.3 Å². The number of ether oxygens (including phenoxy) is 1. The molecule has 0 saturated carbocycles. The fourth-order valence-electron chi connectivity index (χ4n) is 2.02. The highest BCUT2D eigenvalue weighted by Gasteiger charge is 2.41. The molecule has 2 aromatic rings. The van der Waals surface area contributed by atoms with Crippen molar-refractivity contribution in [2.75, 3.05) is 12.4 Å². The quantitative estimate of drug-likeness (QED) is 0.432. The number of hydrogen-bond acceptors (Lipinski definition) is 6. The van der Waals surface area contributed by atoms with Crippen LogP contribution < -0.4 is 15.5 Å². The van der Waals surface area contributed by atoms with Gasteiger partial charge in [-0.05, 0) is 23.6 Å². The second kappa shape index (κ2) is 9.13. The Balaban J connectivity index is 2.09. The molecule has 2 rings (SSSR count). The molecule has 11 heteroatoms. The van der Waals surface area contributed by atoms with E-state index >= 15 is 0 Å². The van der Waals surface area contributed by atoms with Crippen molar-refractivity contribution in [1.29, 1.82) is 0 Å². The average Bonchev–Trinajstić information content (AvgIpc) is 3.13. The van der Waals surface area contributed by atoms with E-state index in [9.17, 15) is 27.6 Å². The lowest BCUT2D eigenvalue weighted by Crippen LogP contribution is -2.38. The Morgan fingerprint density at radius 2 is 1.82 bits per heavy atom. The van der Waals surface area contributed by atoms with Gasteiger partial charge in [-0.2, -0.15) is 18.3 Å². The van der Waals surface area contributed by atoms with Gasteiger partial charge in [0.05, 0.1) is 12.8 Å². The molecule has 0 aliphatic rings. The van der Waals surface area contributed by atoms with Crippen molar-refractivity contribution in [3.63, 3.8) is 0 Å². The number of carbonyl (C=O) groups is 3. The summed E-state index contributed by atoms with van der Waals surface area (Å²) in [5.74, 6) is -3.84. The van der Waals surface area contributed by atoms with Crippen LogP contribution in [0.3, 0.4) is 0 Å². The van der Waals surface area contributed by atoms with Gasteiger partial charge in [-0.15, -0.1) is 11.3 Å². The number of anilines is 1. The molecule has 7 nitrogen and oxygen atoms in total. The summed E-state index contributed by atoms with van der Waals surface area (Å²) in [5.41, 5.74) is -0.202. The number of alkyl halides is 3. The third-order valence-corrected chi connectivity index (χ3v) is 4.15. The number of hydrazone groups is 1. The van der Waals surface area contributed by atoms with Crippen LogP contribution in [0.5, 0.6) is 5.75 Å². The first-order valence-electron chi connectivity index (χ1n) is 7.67. The lowest BCUT2D eigenvalue weighted by Gasteiger charge is -2.10. The van der Waals surface area contributed by atoms with Gasteiger partial charge in [0.1, 0.15) is 5.75 Å². The largest absolute Gasteiger partial charge is 0.495 e. The molecular weight excluding hydrogens is 399 g/mol. The fourth-order valence-corrected chi connectivity index (χ4v) is 2.73. The Kier molecular flexibility index (Phi) is 6.88. The summed E-state index contributed by atoms with van der Waals surface area (Å²) in [6, 6.07) is 9.19. The van der Waals surface area contributed by atoms with E-state index in [2.05, 4.69) is 10.4 Å². The van der Waals surface area contributed by atoms with Gasteiger partial charge in [0.25, 0.3) is 0 Å². The Hall–Kier alpha value is -3.21. The number of amides is 2. The highest BCUT2D eigenvalue weighted by atomic mass is 32.1. The Bertz CT molecular complexity index is 895. The van der Waals surface area contributed by atoms with E-state index in [4.69, 9.17) is 4.74 Å². The molecule has 2 amide bonds. The standard InChI is InChI=1S/C17H14F3N3O4S/c1-27-13-7-3-2-6-11(13)21-15(25)16(26)23-22-14(17(18,19)20)12(24)9-10-5-4-8-28-10/h2-8H,9H2,1H3,(H,21,25)(H,23,26). The molecule has 0 unspecified atom stereocenters. The molecule has 1 aromatic carbocycles. The summed E-state index contributed by atoms with van der Waals surface area (Å²) >= 11 is 1.11. The maximum Gasteiger partial charge on any atom is 0.438 e. The van der Waals surface area contributed by atoms with Gasteiger partial charge in [-0.1, -0.05) is 18.2 Å². The minimum atomic E-state index is -5.10. The first-order valence-corrected chi connectivity index (χ1v) is 8.55. The third kappa shape index (κ3) is 5.64. The van der Waals surface area contributed by atoms with E-state index in [0.29, 0.717) is 4.88 Å². The van der Waals surface area contributed by atoms with E-state index < -0.39 is 35.9 Å². The summed E-state index contributed by atoms with van der Waals surface area (Å²) < 4.78 is 44.2. The molecule has 148 valence electrons. The molecule has 0 spiro atoms. The summed E-state index contributed by atoms with van der Waals surface area (Å²) in [6.45, 7) is 0. The molecule has 0 atom stereocenters. The van der Waals surface area contributed by atoms with Crippen LogP contribution in [0.15, 0.2) is 46.9 Å². The molecule has 2 N–H and O–H groups in total. The van der Waals surface area contributed by atoms with Crippen molar-refractivity contribution >= 4 is 40.3 Å². The summed E-state index contributed by atoms with van der Waals surface area (Å²) in [6.07, 6.45) is -5.62. The van der Waals surface area contributed by atoms with Gasteiger partial charge in [-0.3, -0.25) is 14.4 Å². The number of halogens is 3. The summed E-state index contributed by atoms with van der Waals surface area (Å²) in [7, 11) is 1.34. The average molecular weight is 413 g/mol. The van der Waals surface area contributed by atoms with E-state index in [1.54, 1.807) is 23.6 Å². The number of ketones is 1. The molecule has 1 heterocycles. The van der Waals surface area contributed by atoms with Crippen LogP contribution in [-0.4, -0.2) is 36.6 Å². The topological polar surface area (TPSA) is 96.9 Å². The van der Waals surface area contributed by atoms with Crippen LogP contribution in [0.2, 0.25) is 0 Å². The van der Waals surface area contributed by atoms with Crippen molar-refractivity contribution in [2.24, 2.45) is 5.10 Å². The number of rotatable bonds is 6. The molecule has 1 aromatic heterocycles.